The van der Waals surface area contributed by atoms with E-state index in [2.05, 4.69) is 11.5 Å². The van der Waals surface area contributed by atoms with Crippen LogP contribution in [0.25, 0.3) is 6.08 Å². The zero-order valence-electron chi connectivity index (χ0n) is 14.1. The molecule has 0 saturated carbocycles. The van der Waals surface area contributed by atoms with E-state index in [1.165, 1.54) is 11.0 Å². The molecule has 132 valence electrons. The molecule has 0 spiro atoms. The number of benzene rings is 1. The molecule has 2 aliphatic rings. The van der Waals surface area contributed by atoms with E-state index in [1.54, 1.807) is 13.2 Å². The van der Waals surface area contributed by atoms with Crippen molar-refractivity contribution < 1.29 is 19.1 Å². The summed E-state index contributed by atoms with van der Waals surface area (Å²) < 4.78 is 10.9. The van der Waals surface area contributed by atoms with Gasteiger partial charge in [-0.2, -0.15) is 0 Å². The van der Waals surface area contributed by atoms with Crippen LogP contribution in [0.3, 0.4) is 0 Å². The molecular formula is C18H20N2O4S. The number of carbonyl (C=O) groups excluding carboxylic acids is 2. The maximum Gasteiger partial charge on any atom is 0.293 e. The van der Waals surface area contributed by atoms with Crippen LogP contribution in [0.5, 0.6) is 5.75 Å². The number of thioether (sulfide) groups is 1. The standard InChI is InChI=1S/C18H20N2O4S/c1-3-6-20-17(21)16(25-18(20)22)11-13-4-5-14(12-15(13)23-2)19-7-9-24-10-8-19/h3-5,11-12H,1,6-10H2,2H3/b16-11-. The number of imide groups is 1. The monoisotopic (exact) mass is 360 g/mol. The summed E-state index contributed by atoms with van der Waals surface area (Å²) in [5.41, 5.74) is 1.82. The molecule has 6 nitrogen and oxygen atoms in total. The first-order valence-electron chi connectivity index (χ1n) is 8.01. The number of hydrogen-bond donors (Lipinski definition) is 0. The van der Waals surface area contributed by atoms with Gasteiger partial charge in [-0.3, -0.25) is 14.5 Å². The van der Waals surface area contributed by atoms with E-state index in [4.69, 9.17) is 9.47 Å². The van der Waals surface area contributed by atoms with Gasteiger partial charge in [-0.25, -0.2) is 0 Å². The minimum Gasteiger partial charge on any atom is -0.496 e. The van der Waals surface area contributed by atoms with Crippen molar-refractivity contribution in [3.8, 4) is 5.75 Å². The van der Waals surface area contributed by atoms with Gasteiger partial charge in [0.1, 0.15) is 5.75 Å². The highest BCUT2D eigenvalue weighted by Crippen LogP contribution is 2.35. The first kappa shape index (κ1) is 17.6. The van der Waals surface area contributed by atoms with E-state index < -0.39 is 0 Å². The lowest BCUT2D eigenvalue weighted by Crippen LogP contribution is -2.36. The summed E-state index contributed by atoms with van der Waals surface area (Å²) in [7, 11) is 1.60. The summed E-state index contributed by atoms with van der Waals surface area (Å²) in [6.45, 7) is 6.88. The molecule has 0 bridgehead atoms. The molecule has 2 aliphatic heterocycles. The summed E-state index contributed by atoms with van der Waals surface area (Å²) in [6, 6.07) is 5.85. The number of amides is 2. The van der Waals surface area contributed by atoms with Crippen molar-refractivity contribution in [3.05, 3.63) is 41.3 Å². The topological polar surface area (TPSA) is 59.1 Å². The molecule has 2 heterocycles. The van der Waals surface area contributed by atoms with Crippen molar-refractivity contribution in [3.63, 3.8) is 0 Å². The van der Waals surface area contributed by atoms with E-state index >= 15 is 0 Å². The van der Waals surface area contributed by atoms with Gasteiger partial charge in [0.05, 0.1) is 25.2 Å². The predicted octanol–water partition coefficient (Wildman–Crippen LogP) is 2.75. The Morgan fingerprint density at radius 1 is 1.32 bits per heavy atom. The molecule has 25 heavy (non-hydrogen) atoms. The lowest BCUT2D eigenvalue weighted by molar-refractivity contribution is -0.122. The Morgan fingerprint density at radius 2 is 2.08 bits per heavy atom. The molecule has 0 aromatic heterocycles. The van der Waals surface area contributed by atoms with Gasteiger partial charge in [0.25, 0.3) is 11.1 Å². The van der Waals surface area contributed by atoms with Crippen LogP contribution < -0.4 is 9.64 Å². The molecule has 0 aliphatic carbocycles. The molecule has 0 N–H and O–H groups in total. The highest BCUT2D eigenvalue weighted by molar-refractivity contribution is 8.18. The van der Waals surface area contributed by atoms with Gasteiger partial charge in [0, 0.05) is 37.0 Å². The third-order valence-corrected chi connectivity index (χ3v) is 4.97. The fourth-order valence-corrected chi connectivity index (χ4v) is 3.60. The lowest BCUT2D eigenvalue weighted by Gasteiger charge is -2.29. The number of carbonyl (C=O) groups is 2. The van der Waals surface area contributed by atoms with E-state index in [0.717, 1.165) is 36.1 Å². The molecule has 3 rings (SSSR count). The Hall–Kier alpha value is -2.25. The van der Waals surface area contributed by atoms with Crippen molar-refractivity contribution in [1.82, 2.24) is 4.90 Å². The highest BCUT2D eigenvalue weighted by Gasteiger charge is 2.34. The maximum absolute atomic E-state index is 12.3. The molecule has 2 amide bonds. The van der Waals surface area contributed by atoms with Crippen LogP contribution in [0.15, 0.2) is 35.8 Å². The second-order valence-electron chi connectivity index (χ2n) is 5.61. The van der Waals surface area contributed by atoms with Crippen molar-refractivity contribution in [2.75, 3.05) is 44.9 Å². The maximum atomic E-state index is 12.3. The number of morpholine rings is 1. The van der Waals surface area contributed by atoms with Crippen LogP contribution in [-0.2, 0) is 9.53 Å². The fourth-order valence-electron chi connectivity index (χ4n) is 2.77. The Labute approximate surface area is 151 Å². The van der Waals surface area contributed by atoms with Gasteiger partial charge in [-0.1, -0.05) is 6.08 Å². The second-order valence-corrected chi connectivity index (χ2v) is 6.60. The Morgan fingerprint density at radius 3 is 2.76 bits per heavy atom. The van der Waals surface area contributed by atoms with Crippen LogP contribution >= 0.6 is 11.8 Å². The van der Waals surface area contributed by atoms with Crippen molar-refractivity contribution in [1.29, 1.82) is 0 Å². The van der Waals surface area contributed by atoms with E-state index in [-0.39, 0.29) is 17.7 Å². The third kappa shape index (κ3) is 3.72. The molecular weight excluding hydrogens is 340 g/mol. The summed E-state index contributed by atoms with van der Waals surface area (Å²) >= 11 is 0.936. The van der Waals surface area contributed by atoms with Gasteiger partial charge in [0.15, 0.2) is 0 Å². The fraction of sp³-hybridized carbons (Fsp3) is 0.333. The SMILES string of the molecule is C=CCN1C(=O)S/C(=C\c2ccc(N3CCOCC3)cc2OC)C1=O. The number of anilines is 1. The molecule has 0 radical (unpaired) electrons. The van der Waals surface area contributed by atoms with Gasteiger partial charge >= 0.3 is 0 Å². The minimum absolute atomic E-state index is 0.217. The van der Waals surface area contributed by atoms with Crippen molar-refractivity contribution in [2.24, 2.45) is 0 Å². The number of nitrogens with zero attached hydrogens (tertiary/aromatic N) is 2. The van der Waals surface area contributed by atoms with Gasteiger partial charge < -0.3 is 14.4 Å². The first-order chi connectivity index (χ1) is 12.1. The zero-order valence-corrected chi connectivity index (χ0v) is 14.9. The smallest absolute Gasteiger partial charge is 0.293 e. The quantitative estimate of drug-likeness (QED) is 0.594. The average molecular weight is 360 g/mol. The van der Waals surface area contributed by atoms with Crippen LogP contribution in [-0.4, -0.2) is 56.0 Å². The lowest BCUT2D eigenvalue weighted by atomic mass is 10.1. The number of hydrogen-bond acceptors (Lipinski definition) is 6. The zero-order chi connectivity index (χ0) is 17.8. The Balaban J connectivity index is 1.86. The van der Waals surface area contributed by atoms with Gasteiger partial charge in [0.2, 0.25) is 0 Å². The van der Waals surface area contributed by atoms with E-state index in [9.17, 15) is 9.59 Å². The molecule has 2 fully saturated rings. The number of rotatable bonds is 5. The molecule has 2 saturated heterocycles. The third-order valence-electron chi connectivity index (χ3n) is 4.07. The number of methoxy groups -OCH3 is 1. The Bertz CT molecular complexity index is 726. The summed E-state index contributed by atoms with van der Waals surface area (Å²) in [5.74, 6) is 0.369. The summed E-state index contributed by atoms with van der Waals surface area (Å²) in [5, 5.41) is -0.278. The second kappa shape index (κ2) is 7.76. The molecule has 0 atom stereocenters. The highest BCUT2D eigenvalue weighted by atomic mass is 32.2. The molecule has 7 heteroatoms. The first-order valence-corrected chi connectivity index (χ1v) is 8.82. The van der Waals surface area contributed by atoms with E-state index in [0.29, 0.717) is 23.9 Å². The van der Waals surface area contributed by atoms with Crippen LogP contribution in [0.4, 0.5) is 10.5 Å². The largest absolute Gasteiger partial charge is 0.496 e. The van der Waals surface area contributed by atoms with Crippen LogP contribution in [0, 0.1) is 0 Å². The van der Waals surface area contributed by atoms with Gasteiger partial charge in [-0.05, 0) is 30.0 Å². The molecule has 1 aromatic carbocycles. The van der Waals surface area contributed by atoms with Crippen LogP contribution in [0.1, 0.15) is 5.56 Å². The Kier molecular flexibility index (Phi) is 5.45. The minimum atomic E-state index is -0.297. The van der Waals surface area contributed by atoms with Crippen LogP contribution in [0.2, 0.25) is 0 Å². The molecule has 0 unspecified atom stereocenters. The summed E-state index contributed by atoms with van der Waals surface area (Å²) in [4.78, 5) is 28.1. The van der Waals surface area contributed by atoms with Crippen molar-refractivity contribution in [2.45, 2.75) is 0 Å². The van der Waals surface area contributed by atoms with Crippen molar-refractivity contribution >= 4 is 34.7 Å². The predicted molar refractivity (Wildman–Crippen MR) is 98.9 cm³/mol. The van der Waals surface area contributed by atoms with E-state index in [1.807, 2.05) is 18.2 Å². The summed E-state index contributed by atoms with van der Waals surface area (Å²) in [6.07, 6.45) is 3.24. The normalized spacial score (nSPS) is 19.6. The number of ether oxygens (including phenoxy) is 2. The van der Waals surface area contributed by atoms with Gasteiger partial charge in [-0.15, -0.1) is 6.58 Å². The molecule has 1 aromatic rings. The average Bonchev–Trinajstić information content (AvgIpc) is 2.90.